The van der Waals surface area contributed by atoms with Crippen molar-refractivity contribution >= 4 is 46.8 Å². The molecule has 1 aromatic heterocycles. The van der Waals surface area contributed by atoms with E-state index in [9.17, 15) is 22.8 Å². The van der Waals surface area contributed by atoms with Crippen LogP contribution in [0.5, 0.6) is 0 Å². The fraction of sp³-hybridized carbons (Fsp3) is 0.0625. The minimum absolute atomic E-state index is 0.108. The Balaban J connectivity index is 1.94. The molecule has 2 N–H and O–H groups in total. The van der Waals surface area contributed by atoms with E-state index in [-0.39, 0.29) is 27.8 Å². The van der Waals surface area contributed by atoms with Gasteiger partial charge >= 0.3 is 6.18 Å². The van der Waals surface area contributed by atoms with Crippen molar-refractivity contribution < 1.29 is 27.2 Å². The van der Waals surface area contributed by atoms with Crippen LogP contribution < -0.4 is 10.6 Å². The van der Waals surface area contributed by atoms with E-state index in [1.807, 2.05) is 0 Å². The summed E-state index contributed by atoms with van der Waals surface area (Å²) in [6, 6.07) is 6.17. The molecule has 134 valence electrons. The van der Waals surface area contributed by atoms with Crippen LogP contribution in [0.2, 0.25) is 5.02 Å². The van der Waals surface area contributed by atoms with Crippen LogP contribution >= 0.6 is 23.8 Å². The molecule has 0 atom stereocenters. The normalized spacial score (nSPS) is 14.9. The Labute approximate surface area is 154 Å². The molecule has 0 saturated carbocycles. The number of carbonyl (C=O) groups excluding carboxylic acids is 2. The second kappa shape index (κ2) is 6.58. The number of alkyl halides is 3. The number of amides is 2. The largest absolute Gasteiger partial charge is 0.457 e. The SMILES string of the molecule is O=C1NC(=S)NC(=O)C1=Cc1ccc(-c2ccc(Cl)c(C(F)(F)F)c2)o1. The summed E-state index contributed by atoms with van der Waals surface area (Å²) in [5.74, 6) is -1.19. The molecule has 0 spiro atoms. The van der Waals surface area contributed by atoms with E-state index >= 15 is 0 Å². The Morgan fingerprint density at radius 1 is 1.08 bits per heavy atom. The van der Waals surface area contributed by atoms with Gasteiger partial charge in [0.15, 0.2) is 5.11 Å². The van der Waals surface area contributed by atoms with Crippen LogP contribution in [-0.4, -0.2) is 16.9 Å². The maximum absolute atomic E-state index is 13.0. The Bertz CT molecular complexity index is 944. The number of thiocarbonyl (C=S) groups is 1. The third kappa shape index (κ3) is 3.63. The smallest absolute Gasteiger partial charge is 0.417 e. The first-order chi connectivity index (χ1) is 12.1. The summed E-state index contributed by atoms with van der Waals surface area (Å²) < 4.78 is 44.3. The first-order valence-electron chi connectivity index (χ1n) is 7.00. The molecule has 2 heterocycles. The van der Waals surface area contributed by atoms with Gasteiger partial charge in [0.25, 0.3) is 11.8 Å². The van der Waals surface area contributed by atoms with Gasteiger partial charge < -0.3 is 4.42 Å². The molecular weight excluding hydrogens is 393 g/mol. The van der Waals surface area contributed by atoms with E-state index in [1.54, 1.807) is 0 Å². The van der Waals surface area contributed by atoms with Crippen LogP contribution in [0.1, 0.15) is 11.3 Å². The summed E-state index contributed by atoms with van der Waals surface area (Å²) in [6.45, 7) is 0. The van der Waals surface area contributed by atoms with Gasteiger partial charge in [-0.3, -0.25) is 20.2 Å². The monoisotopic (exact) mass is 400 g/mol. The fourth-order valence-corrected chi connectivity index (χ4v) is 2.64. The summed E-state index contributed by atoms with van der Waals surface area (Å²) in [5, 5.41) is 3.98. The molecule has 10 heteroatoms. The first-order valence-corrected chi connectivity index (χ1v) is 7.79. The Kier molecular flexibility index (Phi) is 4.59. The van der Waals surface area contributed by atoms with Gasteiger partial charge in [0.05, 0.1) is 10.6 Å². The summed E-state index contributed by atoms with van der Waals surface area (Å²) in [5.41, 5.74) is -1.09. The van der Waals surface area contributed by atoms with E-state index < -0.39 is 28.6 Å². The highest BCUT2D eigenvalue weighted by Gasteiger charge is 2.33. The van der Waals surface area contributed by atoms with Crippen molar-refractivity contribution in [2.75, 3.05) is 0 Å². The van der Waals surface area contributed by atoms with Crippen LogP contribution in [0, 0.1) is 0 Å². The van der Waals surface area contributed by atoms with E-state index in [0.29, 0.717) is 0 Å². The van der Waals surface area contributed by atoms with Crippen molar-refractivity contribution in [2.24, 2.45) is 0 Å². The van der Waals surface area contributed by atoms with Crippen molar-refractivity contribution in [3.8, 4) is 11.3 Å². The third-order valence-corrected chi connectivity index (χ3v) is 3.95. The zero-order chi connectivity index (χ0) is 19.1. The molecule has 5 nitrogen and oxygen atoms in total. The second-order valence-corrected chi connectivity index (χ2v) is 6.01. The van der Waals surface area contributed by atoms with Crippen LogP contribution in [-0.2, 0) is 15.8 Å². The van der Waals surface area contributed by atoms with Crippen molar-refractivity contribution in [3.05, 3.63) is 52.3 Å². The third-order valence-electron chi connectivity index (χ3n) is 3.41. The van der Waals surface area contributed by atoms with Gasteiger partial charge in [-0.1, -0.05) is 11.6 Å². The average molecular weight is 401 g/mol. The lowest BCUT2D eigenvalue weighted by Gasteiger charge is -2.15. The number of furan rings is 1. The molecule has 1 aliphatic heterocycles. The highest BCUT2D eigenvalue weighted by Crippen LogP contribution is 2.37. The van der Waals surface area contributed by atoms with E-state index in [2.05, 4.69) is 22.9 Å². The van der Waals surface area contributed by atoms with Crippen molar-refractivity contribution in [3.63, 3.8) is 0 Å². The average Bonchev–Trinajstić information content (AvgIpc) is 2.99. The van der Waals surface area contributed by atoms with E-state index in [1.165, 1.54) is 18.2 Å². The molecule has 1 fully saturated rings. The predicted molar refractivity (Wildman–Crippen MR) is 91.0 cm³/mol. The highest BCUT2D eigenvalue weighted by atomic mass is 35.5. The Morgan fingerprint density at radius 2 is 1.73 bits per heavy atom. The zero-order valence-electron chi connectivity index (χ0n) is 12.6. The number of hydrogen-bond donors (Lipinski definition) is 2. The van der Waals surface area contributed by atoms with Crippen molar-refractivity contribution in [2.45, 2.75) is 6.18 Å². The van der Waals surface area contributed by atoms with Gasteiger partial charge in [-0.25, -0.2) is 0 Å². The van der Waals surface area contributed by atoms with Gasteiger partial charge in [0.2, 0.25) is 0 Å². The number of halogens is 4. The van der Waals surface area contributed by atoms with E-state index in [0.717, 1.165) is 18.2 Å². The molecule has 2 amide bonds. The Hall–Kier alpha value is -2.65. The maximum Gasteiger partial charge on any atom is 0.417 e. The molecule has 1 saturated heterocycles. The van der Waals surface area contributed by atoms with Crippen LogP contribution in [0.25, 0.3) is 17.4 Å². The van der Waals surface area contributed by atoms with Gasteiger partial charge in [-0.05, 0) is 48.6 Å². The minimum atomic E-state index is -4.61. The lowest BCUT2D eigenvalue weighted by atomic mass is 10.1. The predicted octanol–water partition coefficient (Wildman–Crippen LogP) is 3.53. The molecule has 0 bridgehead atoms. The number of nitrogens with one attached hydrogen (secondary N) is 2. The summed E-state index contributed by atoms with van der Waals surface area (Å²) >= 11 is 10.3. The van der Waals surface area contributed by atoms with Crippen LogP contribution in [0.3, 0.4) is 0 Å². The lowest BCUT2D eigenvalue weighted by Crippen LogP contribution is -2.51. The second-order valence-electron chi connectivity index (χ2n) is 5.19. The molecule has 0 radical (unpaired) electrons. The number of carbonyl (C=O) groups is 2. The van der Waals surface area contributed by atoms with Crippen LogP contribution in [0.4, 0.5) is 13.2 Å². The number of rotatable bonds is 2. The van der Waals surface area contributed by atoms with Gasteiger partial charge in [-0.2, -0.15) is 13.2 Å². The summed E-state index contributed by atoms with van der Waals surface area (Å²) in [6.07, 6.45) is -3.45. The van der Waals surface area contributed by atoms with Gasteiger partial charge in [0, 0.05) is 5.56 Å². The summed E-state index contributed by atoms with van der Waals surface area (Å²) in [7, 11) is 0. The van der Waals surface area contributed by atoms with Crippen molar-refractivity contribution in [1.29, 1.82) is 0 Å². The molecule has 1 aliphatic rings. The Morgan fingerprint density at radius 3 is 2.35 bits per heavy atom. The molecule has 0 aliphatic carbocycles. The lowest BCUT2D eigenvalue weighted by molar-refractivity contribution is -0.137. The van der Waals surface area contributed by atoms with Gasteiger partial charge in [0.1, 0.15) is 17.1 Å². The zero-order valence-corrected chi connectivity index (χ0v) is 14.2. The molecule has 26 heavy (non-hydrogen) atoms. The number of hydrogen-bond acceptors (Lipinski definition) is 4. The fourth-order valence-electron chi connectivity index (χ4n) is 2.23. The minimum Gasteiger partial charge on any atom is -0.457 e. The molecule has 2 aromatic rings. The maximum atomic E-state index is 13.0. The topological polar surface area (TPSA) is 71.3 Å². The van der Waals surface area contributed by atoms with Crippen molar-refractivity contribution in [1.82, 2.24) is 10.6 Å². The molecule has 3 rings (SSSR count). The van der Waals surface area contributed by atoms with Crippen LogP contribution in [0.15, 0.2) is 40.3 Å². The molecule has 0 unspecified atom stereocenters. The molecule has 1 aromatic carbocycles. The summed E-state index contributed by atoms with van der Waals surface area (Å²) in [4.78, 5) is 23.6. The standard InChI is InChI=1S/C16H8ClF3N2O3S/c17-11-3-1-7(5-10(11)16(18,19)20)12-4-2-8(25-12)6-9-13(23)21-15(26)22-14(9)24/h1-6H,(H2,21,22,23,24,26). The molecular formula is C16H8ClF3N2O3S. The van der Waals surface area contributed by atoms with E-state index in [4.69, 9.17) is 16.0 Å². The quantitative estimate of drug-likeness (QED) is 0.459. The highest BCUT2D eigenvalue weighted by molar-refractivity contribution is 7.80. The number of benzene rings is 1. The first kappa shape index (κ1) is 18.2. The van der Waals surface area contributed by atoms with Gasteiger partial charge in [-0.15, -0.1) is 0 Å².